The summed E-state index contributed by atoms with van der Waals surface area (Å²) in [5.74, 6) is 0. The fourth-order valence-corrected chi connectivity index (χ4v) is 2.36. The monoisotopic (exact) mass is 198 g/mol. The number of aromatic nitrogens is 2. The predicted molar refractivity (Wildman–Crippen MR) is 53.0 cm³/mol. The van der Waals surface area contributed by atoms with Crippen LogP contribution in [0, 0.1) is 0 Å². The molecule has 0 fully saturated rings. The quantitative estimate of drug-likeness (QED) is 0.412. The van der Waals surface area contributed by atoms with Crippen molar-refractivity contribution in [2.24, 2.45) is 0 Å². The van der Waals surface area contributed by atoms with E-state index in [9.17, 15) is 0 Å². The number of aryl methyl sites for hydroxylation is 1. The molecule has 0 atom stereocenters. The highest BCUT2D eigenvalue weighted by Gasteiger charge is 2.20. The van der Waals surface area contributed by atoms with Crippen molar-refractivity contribution in [2.45, 2.75) is 23.0 Å². The van der Waals surface area contributed by atoms with Crippen LogP contribution < -0.4 is 0 Å². The minimum Gasteiger partial charge on any atom is -0.227 e. The van der Waals surface area contributed by atoms with Gasteiger partial charge in [0.25, 0.3) is 0 Å². The summed E-state index contributed by atoms with van der Waals surface area (Å²) in [5, 5.41) is 2.09. The highest BCUT2D eigenvalue weighted by molar-refractivity contribution is 7.99. The van der Waals surface area contributed by atoms with E-state index in [0.29, 0.717) is 0 Å². The molecule has 2 nitrogen and oxygen atoms in total. The SMILES string of the molecule is CSc1nc2c(c(SC)n1)CC2. The standard InChI is InChI=1S/C8H10N2S2/c1-11-7-5-3-4-6(5)9-8(10-7)12-2/h3-4H2,1-2H3. The molecule has 0 saturated carbocycles. The lowest BCUT2D eigenvalue weighted by atomic mass is 9.96. The summed E-state index contributed by atoms with van der Waals surface area (Å²) < 4.78 is 0. The molecule has 0 aliphatic heterocycles. The summed E-state index contributed by atoms with van der Waals surface area (Å²) in [6.45, 7) is 0. The lowest BCUT2D eigenvalue weighted by Gasteiger charge is -2.19. The van der Waals surface area contributed by atoms with Crippen LogP contribution in [0.5, 0.6) is 0 Å². The van der Waals surface area contributed by atoms with E-state index in [1.807, 2.05) is 6.26 Å². The van der Waals surface area contributed by atoms with Gasteiger partial charge in [-0.2, -0.15) is 0 Å². The third-order valence-electron chi connectivity index (χ3n) is 2.02. The molecule has 64 valence electrons. The van der Waals surface area contributed by atoms with Crippen LogP contribution in [-0.4, -0.2) is 22.5 Å². The number of hydrogen-bond acceptors (Lipinski definition) is 4. The summed E-state index contributed by atoms with van der Waals surface area (Å²) in [6.07, 6.45) is 6.40. The largest absolute Gasteiger partial charge is 0.227 e. The molecule has 1 aromatic heterocycles. The maximum atomic E-state index is 4.44. The number of fused-ring (bicyclic) bond motifs is 1. The Labute approximate surface area is 80.6 Å². The van der Waals surface area contributed by atoms with Gasteiger partial charge >= 0.3 is 0 Å². The summed E-state index contributed by atoms with van der Waals surface area (Å²) in [7, 11) is 0. The first kappa shape index (κ1) is 8.38. The predicted octanol–water partition coefficient (Wildman–Crippen LogP) is 2.02. The topological polar surface area (TPSA) is 25.8 Å². The van der Waals surface area contributed by atoms with E-state index in [1.54, 1.807) is 23.5 Å². The van der Waals surface area contributed by atoms with Gasteiger partial charge < -0.3 is 0 Å². The van der Waals surface area contributed by atoms with E-state index in [0.717, 1.165) is 11.6 Å². The average Bonchev–Trinajstić information content (AvgIpc) is 2.06. The van der Waals surface area contributed by atoms with Crippen molar-refractivity contribution < 1.29 is 0 Å². The second kappa shape index (κ2) is 3.26. The molecule has 1 aliphatic carbocycles. The Kier molecular flexibility index (Phi) is 2.28. The summed E-state index contributed by atoms with van der Waals surface area (Å²) in [6, 6.07) is 0. The van der Waals surface area contributed by atoms with Gasteiger partial charge in [0, 0.05) is 11.3 Å². The molecule has 1 heterocycles. The first-order valence-corrected chi connectivity index (χ1v) is 6.28. The van der Waals surface area contributed by atoms with Gasteiger partial charge in [0.2, 0.25) is 0 Å². The molecule has 0 amide bonds. The zero-order valence-corrected chi connectivity index (χ0v) is 8.76. The molecular weight excluding hydrogens is 188 g/mol. The van der Waals surface area contributed by atoms with E-state index in [2.05, 4.69) is 16.2 Å². The molecule has 0 spiro atoms. The lowest BCUT2D eigenvalue weighted by Crippen LogP contribution is -2.14. The summed E-state index contributed by atoms with van der Waals surface area (Å²) in [4.78, 5) is 8.86. The van der Waals surface area contributed by atoms with Crippen LogP contribution >= 0.6 is 23.5 Å². The molecule has 1 aromatic rings. The Bertz CT molecular complexity index is 312. The molecular formula is C8H10N2S2. The smallest absolute Gasteiger partial charge is 0.188 e. The van der Waals surface area contributed by atoms with Crippen molar-refractivity contribution in [3.05, 3.63) is 11.3 Å². The van der Waals surface area contributed by atoms with Crippen molar-refractivity contribution in [3.63, 3.8) is 0 Å². The first-order chi connectivity index (χ1) is 5.85. The van der Waals surface area contributed by atoms with E-state index in [1.165, 1.54) is 22.7 Å². The van der Waals surface area contributed by atoms with Crippen LogP contribution in [0.2, 0.25) is 0 Å². The molecule has 0 radical (unpaired) electrons. The highest BCUT2D eigenvalue weighted by atomic mass is 32.2. The molecule has 2 rings (SSSR count). The lowest BCUT2D eigenvalue weighted by molar-refractivity contribution is 0.687. The molecule has 1 aliphatic rings. The van der Waals surface area contributed by atoms with Gasteiger partial charge in [-0.1, -0.05) is 11.8 Å². The number of thioether (sulfide) groups is 2. The summed E-state index contributed by atoms with van der Waals surface area (Å²) >= 11 is 3.35. The van der Waals surface area contributed by atoms with Crippen molar-refractivity contribution in [1.29, 1.82) is 0 Å². The molecule has 0 saturated heterocycles. The molecule has 0 unspecified atom stereocenters. The van der Waals surface area contributed by atoms with Crippen LogP contribution in [0.3, 0.4) is 0 Å². The molecule has 0 bridgehead atoms. The van der Waals surface area contributed by atoms with Crippen LogP contribution in [0.1, 0.15) is 11.3 Å². The Morgan fingerprint density at radius 3 is 2.42 bits per heavy atom. The van der Waals surface area contributed by atoms with Crippen molar-refractivity contribution in [3.8, 4) is 0 Å². The molecule has 0 aromatic carbocycles. The van der Waals surface area contributed by atoms with Crippen LogP contribution in [-0.2, 0) is 12.8 Å². The van der Waals surface area contributed by atoms with Crippen molar-refractivity contribution in [2.75, 3.05) is 12.5 Å². The fraction of sp³-hybridized carbons (Fsp3) is 0.500. The van der Waals surface area contributed by atoms with Crippen molar-refractivity contribution >= 4 is 23.5 Å². The summed E-state index contributed by atoms with van der Waals surface area (Å²) in [5.41, 5.74) is 2.64. The number of hydrogen-bond donors (Lipinski definition) is 0. The normalized spacial score (nSPS) is 13.8. The van der Waals surface area contributed by atoms with E-state index < -0.39 is 0 Å². The Balaban J connectivity index is 2.47. The van der Waals surface area contributed by atoms with Crippen LogP contribution in [0.4, 0.5) is 0 Å². The number of rotatable bonds is 2. The number of nitrogens with zero attached hydrogens (tertiary/aromatic N) is 2. The average molecular weight is 198 g/mol. The van der Waals surface area contributed by atoms with E-state index >= 15 is 0 Å². The van der Waals surface area contributed by atoms with E-state index in [4.69, 9.17) is 0 Å². The van der Waals surface area contributed by atoms with Crippen molar-refractivity contribution in [1.82, 2.24) is 9.97 Å². The van der Waals surface area contributed by atoms with Gasteiger partial charge in [-0.05, 0) is 25.4 Å². The van der Waals surface area contributed by atoms with Crippen LogP contribution in [0.25, 0.3) is 0 Å². The van der Waals surface area contributed by atoms with E-state index in [-0.39, 0.29) is 0 Å². The van der Waals surface area contributed by atoms with Gasteiger partial charge in [-0.25, -0.2) is 9.97 Å². The maximum absolute atomic E-state index is 4.44. The van der Waals surface area contributed by atoms with Gasteiger partial charge in [0.05, 0.1) is 0 Å². The Morgan fingerprint density at radius 2 is 1.92 bits per heavy atom. The Hall–Kier alpha value is -0.220. The Morgan fingerprint density at radius 1 is 1.08 bits per heavy atom. The van der Waals surface area contributed by atoms with Gasteiger partial charge in [-0.15, -0.1) is 11.8 Å². The van der Waals surface area contributed by atoms with Gasteiger partial charge in [-0.3, -0.25) is 0 Å². The zero-order chi connectivity index (χ0) is 8.55. The van der Waals surface area contributed by atoms with Gasteiger partial charge in [0.1, 0.15) is 5.03 Å². The maximum Gasteiger partial charge on any atom is 0.188 e. The first-order valence-electron chi connectivity index (χ1n) is 3.83. The molecule has 4 heteroatoms. The second-order valence-electron chi connectivity index (χ2n) is 2.64. The fourth-order valence-electron chi connectivity index (χ4n) is 1.27. The van der Waals surface area contributed by atoms with Crippen LogP contribution in [0.15, 0.2) is 10.2 Å². The third-order valence-corrected chi connectivity index (χ3v) is 3.29. The van der Waals surface area contributed by atoms with Gasteiger partial charge in [0.15, 0.2) is 5.16 Å². The zero-order valence-electron chi connectivity index (χ0n) is 7.13. The highest BCUT2D eigenvalue weighted by Crippen LogP contribution is 2.30. The molecule has 0 N–H and O–H groups in total. The minimum absolute atomic E-state index is 0.915. The third kappa shape index (κ3) is 1.23. The molecule has 12 heavy (non-hydrogen) atoms. The minimum atomic E-state index is 0.915. The second-order valence-corrected chi connectivity index (χ2v) is 4.21.